The fourth-order valence-corrected chi connectivity index (χ4v) is 6.55. The number of β-amino-alcohol motifs (C(OH)–C–C–N with tert-alkyl or cyclic N) is 1. The van der Waals surface area contributed by atoms with Crippen LogP contribution in [-0.4, -0.2) is 65.5 Å². The average molecular weight is 453 g/mol. The summed E-state index contributed by atoms with van der Waals surface area (Å²) in [6.07, 6.45) is 0.208. The van der Waals surface area contributed by atoms with Crippen molar-refractivity contribution < 1.29 is 29.0 Å². The lowest BCUT2D eigenvalue weighted by atomic mass is 9.95. The highest BCUT2D eigenvalue weighted by molar-refractivity contribution is 5.94. The van der Waals surface area contributed by atoms with Gasteiger partial charge >= 0.3 is 11.9 Å². The molecule has 6 rings (SSSR count). The van der Waals surface area contributed by atoms with Crippen molar-refractivity contribution in [3.63, 3.8) is 0 Å². The molecule has 5 aliphatic rings. The first kappa shape index (κ1) is 20.9. The molecule has 8 nitrogen and oxygen atoms in total. The molecule has 4 heterocycles. The molecule has 1 aromatic carbocycles. The van der Waals surface area contributed by atoms with Crippen LogP contribution in [0.5, 0.6) is 0 Å². The van der Waals surface area contributed by atoms with Gasteiger partial charge in [0, 0.05) is 37.7 Å². The van der Waals surface area contributed by atoms with Crippen LogP contribution in [0.1, 0.15) is 46.5 Å². The number of piperidine rings is 1. The highest BCUT2D eigenvalue weighted by Gasteiger charge is 2.61. The number of esters is 2. The Hall–Kier alpha value is -2.71. The normalized spacial score (nSPS) is 31.7. The van der Waals surface area contributed by atoms with E-state index in [0.29, 0.717) is 42.0 Å². The highest BCUT2D eigenvalue weighted by Crippen LogP contribution is 2.58. The van der Waals surface area contributed by atoms with Gasteiger partial charge in [0.05, 0.1) is 22.9 Å². The Morgan fingerprint density at radius 1 is 1.06 bits per heavy atom. The first-order valence-electron chi connectivity index (χ1n) is 11.7. The van der Waals surface area contributed by atoms with Gasteiger partial charge in [-0.15, -0.1) is 0 Å². The van der Waals surface area contributed by atoms with E-state index in [-0.39, 0.29) is 37.0 Å². The molecule has 33 heavy (non-hydrogen) atoms. The number of cyclic esters (lactones) is 2. The van der Waals surface area contributed by atoms with Crippen LogP contribution < -0.4 is 0 Å². The number of aliphatic hydroxyl groups is 1. The van der Waals surface area contributed by atoms with Gasteiger partial charge in [0.25, 0.3) is 0 Å². The number of ether oxygens (including phenoxy) is 2. The summed E-state index contributed by atoms with van der Waals surface area (Å²) in [7, 11) is 0. The second-order valence-electron chi connectivity index (χ2n) is 10.1. The van der Waals surface area contributed by atoms with Gasteiger partial charge in [0.1, 0.15) is 13.2 Å². The van der Waals surface area contributed by atoms with Crippen molar-refractivity contribution in [2.75, 3.05) is 32.8 Å². The Morgan fingerprint density at radius 2 is 1.79 bits per heavy atom. The van der Waals surface area contributed by atoms with E-state index in [0.717, 1.165) is 41.9 Å². The third-order valence-corrected chi connectivity index (χ3v) is 8.45. The third kappa shape index (κ3) is 3.14. The lowest BCUT2D eigenvalue weighted by Crippen LogP contribution is -2.33. The van der Waals surface area contributed by atoms with Gasteiger partial charge < -0.3 is 19.5 Å². The summed E-state index contributed by atoms with van der Waals surface area (Å²) in [6, 6.07) is 3.59. The van der Waals surface area contributed by atoms with Crippen molar-refractivity contribution in [2.45, 2.75) is 33.0 Å². The molecular formula is C25H28N2O6. The van der Waals surface area contributed by atoms with E-state index < -0.39 is 6.10 Å². The Morgan fingerprint density at radius 3 is 2.48 bits per heavy atom. The molecule has 1 amide bonds. The molecule has 3 fully saturated rings. The predicted octanol–water partition coefficient (Wildman–Crippen LogP) is 1.56. The third-order valence-electron chi connectivity index (χ3n) is 8.45. The molecule has 1 aromatic rings. The fourth-order valence-electron chi connectivity index (χ4n) is 6.55. The van der Waals surface area contributed by atoms with Gasteiger partial charge in [0.2, 0.25) is 5.91 Å². The van der Waals surface area contributed by atoms with E-state index in [2.05, 4.69) is 4.90 Å². The SMILES string of the molecule is CC1=C(N2CCC(C3C4CN(C[C@H](O)c5ccc6c(c5C)COC6=O)CC43)C2=O)COC1=O. The predicted molar refractivity (Wildman–Crippen MR) is 116 cm³/mol. The molecule has 1 saturated carbocycles. The Balaban J connectivity index is 1.07. The number of benzene rings is 1. The van der Waals surface area contributed by atoms with Crippen LogP contribution in [0.4, 0.5) is 0 Å². The summed E-state index contributed by atoms with van der Waals surface area (Å²) in [5.41, 5.74) is 4.55. The van der Waals surface area contributed by atoms with Gasteiger partial charge in [-0.2, -0.15) is 0 Å². The second-order valence-corrected chi connectivity index (χ2v) is 10.1. The Labute approximate surface area is 192 Å². The minimum Gasteiger partial charge on any atom is -0.457 e. The summed E-state index contributed by atoms with van der Waals surface area (Å²) in [6.45, 7) is 7.14. The molecule has 174 valence electrons. The summed E-state index contributed by atoms with van der Waals surface area (Å²) in [4.78, 5) is 40.6. The van der Waals surface area contributed by atoms with Crippen LogP contribution in [-0.2, 0) is 25.7 Å². The number of nitrogens with zero attached hydrogens (tertiary/aromatic N) is 2. The monoisotopic (exact) mass is 452 g/mol. The van der Waals surface area contributed by atoms with Gasteiger partial charge in [-0.25, -0.2) is 9.59 Å². The van der Waals surface area contributed by atoms with Crippen molar-refractivity contribution >= 4 is 17.8 Å². The second kappa shape index (κ2) is 7.40. The quantitative estimate of drug-likeness (QED) is 0.678. The first-order chi connectivity index (χ1) is 15.8. The summed E-state index contributed by atoms with van der Waals surface area (Å²) in [5.74, 6) is 0.942. The first-order valence-corrected chi connectivity index (χ1v) is 11.7. The molecule has 0 aromatic heterocycles. The van der Waals surface area contributed by atoms with E-state index in [1.807, 2.05) is 13.0 Å². The number of hydrogen-bond donors (Lipinski definition) is 1. The number of carbonyl (C=O) groups is 3. The van der Waals surface area contributed by atoms with E-state index in [1.54, 1.807) is 17.9 Å². The molecule has 4 aliphatic heterocycles. The van der Waals surface area contributed by atoms with Crippen LogP contribution in [0.25, 0.3) is 0 Å². The van der Waals surface area contributed by atoms with Gasteiger partial charge in [-0.1, -0.05) is 6.07 Å². The highest BCUT2D eigenvalue weighted by atomic mass is 16.5. The van der Waals surface area contributed by atoms with Crippen LogP contribution >= 0.6 is 0 Å². The molecule has 0 bridgehead atoms. The van der Waals surface area contributed by atoms with Crippen molar-refractivity contribution in [1.29, 1.82) is 0 Å². The van der Waals surface area contributed by atoms with Gasteiger partial charge in [-0.3, -0.25) is 9.69 Å². The maximum Gasteiger partial charge on any atom is 0.338 e. The lowest BCUT2D eigenvalue weighted by molar-refractivity contribution is -0.136. The molecule has 0 radical (unpaired) electrons. The number of fused-ring (bicyclic) bond motifs is 2. The van der Waals surface area contributed by atoms with E-state index in [1.165, 1.54) is 0 Å². The fraction of sp³-hybridized carbons (Fsp3) is 0.560. The largest absolute Gasteiger partial charge is 0.457 e. The zero-order valence-corrected chi connectivity index (χ0v) is 18.9. The molecule has 1 aliphatic carbocycles. The standard InChI is InChI=1S/C25H28N2O6/c1-12-14(3-4-15-19(12)10-32-25(15)31)21(28)9-26-7-17-18(8-26)22(17)16-5-6-27(23(16)29)20-11-33-24(30)13(20)2/h3-4,16-18,21-22,28H,5-11H2,1-2H3/t16?,17?,18?,21-,22?/m0/s1. The maximum atomic E-state index is 13.1. The number of amides is 1. The van der Waals surface area contributed by atoms with Crippen molar-refractivity contribution in [1.82, 2.24) is 9.80 Å². The number of likely N-dealkylation sites (tertiary alicyclic amines) is 2. The molecule has 4 atom stereocenters. The Kier molecular flexibility index (Phi) is 4.68. The molecule has 2 saturated heterocycles. The molecular weight excluding hydrogens is 424 g/mol. The van der Waals surface area contributed by atoms with Crippen LogP contribution in [0.15, 0.2) is 23.4 Å². The summed E-state index contributed by atoms with van der Waals surface area (Å²) >= 11 is 0. The zero-order valence-electron chi connectivity index (χ0n) is 18.9. The molecule has 3 unspecified atom stereocenters. The van der Waals surface area contributed by atoms with Crippen molar-refractivity contribution in [3.05, 3.63) is 45.7 Å². The topological polar surface area (TPSA) is 96.4 Å². The number of aliphatic hydroxyl groups excluding tert-OH is 1. The smallest absolute Gasteiger partial charge is 0.338 e. The van der Waals surface area contributed by atoms with E-state index in [9.17, 15) is 19.5 Å². The molecule has 1 N–H and O–H groups in total. The molecule has 8 heteroatoms. The van der Waals surface area contributed by atoms with Gasteiger partial charge in [-0.05, 0) is 55.2 Å². The van der Waals surface area contributed by atoms with Crippen LogP contribution in [0, 0.1) is 30.6 Å². The number of carbonyl (C=O) groups excluding carboxylic acids is 3. The molecule has 0 spiro atoms. The van der Waals surface area contributed by atoms with Crippen molar-refractivity contribution in [2.24, 2.45) is 23.7 Å². The lowest BCUT2D eigenvalue weighted by Gasteiger charge is -2.25. The van der Waals surface area contributed by atoms with E-state index in [4.69, 9.17) is 9.47 Å². The zero-order chi connectivity index (χ0) is 23.0. The number of hydrogen-bond acceptors (Lipinski definition) is 7. The van der Waals surface area contributed by atoms with Gasteiger partial charge in [0.15, 0.2) is 0 Å². The Bertz CT molecular complexity index is 1100. The summed E-state index contributed by atoms with van der Waals surface area (Å²) in [5, 5.41) is 10.9. The minimum absolute atomic E-state index is 0.0274. The van der Waals surface area contributed by atoms with Crippen LogP contribution in [0.2, 0.25) is 0 Å². The maximum absolute atomic E-state index is 13.1. The summed E-state index contributed by atoms with van der Waals surface area (Å²) < 4.78 is 10.2. The minimum atomic E-state index is -0.625. The van der Waals surface area contributed by atoms with E-state index >= 15 is 0 Å². The van der Waals surface area contributed by atoms with Crippen LogP contribution in [0.3, 0.4) is 0 Å². The average Bonchev–Trinajstić information content (AvgIpc) is 3.24. The number of rotatable bonds is 5. The van der Waals surface area contributed by atoms with Crippen molar-refractivity contribution in [3.8, 4) is 0 Å².